The van der Waals surface area contributed by atoms with Crippen molar-refractivity contribution in [3.63, 3.8) is 0 Å². The Morgan fingerprint density at radius 2 is 1.60 bits per heavy atom. The van der Waals surface area contributed by atoms with Crippen molar-refractivity contribution in [2.75, 3.05) is 0 Å². The van der Waals surface area contributed by atoms with Gasteiger partial charge in [0.05, 0.1) is 0 Å². The zero-order valence-corrected chi connectivity index (χ0v) is 14.1. The fraction of sp³-hybridized carbons (Fsp3) is 0.130. The molecule has 3 aromatic carbocycles. The molecule has 1 aromatic heterocycles. The van der Waals surface area contributed by atoms with Gasteiger partial charge in [-0.2, -0.15) is 0 Å². The van der Waals surface area contributed by atoms with E-state index in [2.05, 4.69) is 82.7 Å². The van der Waals surface area contributed by atoms with Gasteiger partial charge in [0.2, 0.25) is 0 Å². The SMILES string of the molecule is c1ccc(CN2Cc3ccccc3-c3ccc4[nH]ccc4c3C2)cc1. The molecule has 1 aliphatic rings. The standard InChI is InChI=1S/C23H20N2/c1-2-6-17(7-3-1)14-25-15-18-8-4-5-9-19(18)20-10-11-23-21(12-13-24-23)22(20)16-25/h1-13,24H,14-16H2. The van der Waals surface area contributed by atoms with Crippen LogP contribution in [0.15, 0.2) is 79.0 Å². The van der Waals surface area contributed by atoms with Gasteiger partial charge in [-0.05, 0) is 39.9 Å². The van der Waals surface area contributed by atoms with Gasteiger partial charge in [0.25, 0.3) is 0 Å². The van der Waals surface area contributed by atoms with Crippen LogP contribution in [0.5, 0.6) is 0 Å². The number of nitrogens with one attached hydrogen (secondary N) is 1. The predicted octanol–water partition coefficient (Wildman–Crippen LogP) is 5.35. The molecule has 4 aromatic rings. The van der Waals surface area contributed by atoms with Gasteiger partial charge in [0.15, 0.2) is 0 Å². The van der Waals surface area contributed by atoms with Crippen LogP contribution in [0.25, 0.3) is 22.0 Å². The van der Waals surface area contributed by atoms with Crippen LogP contribution >= 0.6 is 0 Å². The number of rotatable bonds is 2. The smallest absolute Gasteiger partial charge is 0.0457 e. The Bertz CT molecular complexity index is 1030. The topological polar surface area (TPSA) is 19.0 Å². The minimum atomic E-state index is 0.966. The van der Waals surface area contributed by atoms with Gasteiger partial charge in [-0.25, -0.2) is 0 Å². The molecule has 0 saturated carbocycles. The zero-order chi connectivity index (χ0) is 16.6. The maximum absolute atomic E-state index is 3.36. The van der Waals surface area contributed by atoms with Crippen LogP contribution in [0.1, 0.15) is 16.7 Å². The third-order valence-electron chi connectivity index (χ3n) is 5.18. The van der Waals surface area contributed by atoms with E-state index in [1.807, 2.05) is 6.20 Å². The summed E-state index contributed by atoms with van der Waals surface area (Å²) in [5.41, 5.74) is 8.17. The molecule has 0 radical (unpaired) electrons. The summed E-state index contributed by atoms with van der Waals surface area (Å²) in [6.45, 7) is 2.91. The van der Waals surface area contributed by atoms with Gasteiger partial charge in [0.1, 0.15) is 0 Å². The average Bonchev–Trinajstić information content (AvgIpc) is 3.07. The first kappa shape index (κ1) is 14.5. The molecule has 122 valence electrons. The minimum Gasteiger partial charge on any atom is -0.361 e. The highest BCUT2D eigenvalue weighted by atomic mass is 15.1. The summed E-state index contributed by atoms with van der Waals surface area (Å²) in [7, 11) is 0. The molecule has 0 unspecified atom stereocenters. The molecular weight excluding hydrogens is 304 g/mol. The van der Waals surface area contributed by atoms with Crippen molar-refractivity contribution in [3.8, 4) is 11.1 Å². The number of nitrogens with zero attached hydrogens (tertiary/aromatic N) is 1. The van der Waals surface area contributed by atoms with E-state index in [0.717, 1.165) is 19.6 Å². The number of H-pyrrole nitrogens is 1. The first-order chi connectivity index (χ1) is 12.4. The maximum Gasteiger partial charge on any atom is 0.0457 e. The lowest BCUT2D eigenvalue weighted by Crippen LogP contribution is -2.21. The van der Waals surface area contributed by atoms with Crippen molar-refractivity contribution >= 4 is 10.9 Å². The van der Waals surface area contributed by atoms with E-state index in [1.165, 1.54) is 38.7 Å². The number of hydrogen-bond donors (Lipinski definition) is 1. The average molecular weight is 324 g/mol. The minimum absolute atomic E-state index is 0.966. The van der Waals surface area contributed by atoms with Crippen molar-refractivity contribution in [1.29, 1.82) is 0 Å². The van der Waals surface area contributed by atoms with Gasteiger partial charge < -0.3 is 4.98 Å². The molecule has 1 aliphatic heterocycles. The molecule has 0 fully saturated rings. The van der Waals surface area contributed by atoms with Crippen LogP contribution in [0.4, 0.5) is 0 Å². The van der Waals surface area contributed by atoms with Crippen LogP contribution in [0.2, 0.25) is 0 Å². The Morgan fingerprint density at radius 3 is 2.52 bits per heavy atom. The van der Waals surface area contributed by atoms with Gasteiger partial charge in [-0.15, -0.1) is 0 Å². The van der Waals surface area contributed by atoms with Crippen molar-refractivity contribution in [1.82, 2.24) is 9.88 Å². The predicted molar refractivity (Wildman–Crippen MR) is 103 cm³/mol. The molecule has 5 rings (SSSR count). The number of hydrogen-bond acceptors (Lipinski definition) is 1. The summed E-state index contributed by atoms with van der Waals surface area (Å²) in [4.78, 5) is 5.91. The molecule has 25 heavy (non-hydrogen) atoms. The van der Waals surface area contributed by atoms with Crippen LogP contribution in [-0.4, -0.2) is 9.88 Å². The second kappa shape index (κ2) is 5.91. The lowest BCUT2D eigenvalue weighted by Gasteiger charge is -2.21. The quantitative estimate of drug-likeness (QED) is 0.526. The molecule has 2 heteroatoms. The van der Waals surface area contributed by atoms with E-state index in [4.69, 9.17) is 0 Å². The van der Waals surface area contributed by atoms with Gasteiger partial charge in [-0.1, -0.05) is 60.7 Å². The summed E-state index contributed by atoms with van der Waals surface area (Å²) < 4.78 is 0. The number of fused-ring (bicyclic) bond motifs is 5. The van der Waals surface area contributed by atoms with Crippen molar-refractivity contribution in [3.05, 3.63) is 95.7 Å². The normalized spacial score (nSPS) is 14.1. The van der Waals surface area contributed by atoms with Gasteiger partial charge >= 0.3 is 0 Å². The largest absolute Gasteiger partial charge is 0.361 e. The van der Waals surface area contributed by atoms with E-state index >= 15 is 0 Å². The third kappa shape index (κ3) is 2.55. The van der Waals surface area contributed by atoms with Crippen LogP contribution in [0.3, 0.4) is 0 Å². The zero-order valence-electron chi connectivity index (χ0n) is 14.1. The molecule has 2 nitrogen and oxygen atoms in total. The number of aromatic amines is 1. The lowest BCUT2D eigenvalue weighted by atomic mass is 9.95. The van der Waals surface area contributed by atoms with E-state index in [9.17, 15) is 0 Å². The highest BCUT2D eigenvalue weighted by molar-refractivity contribution is 5.90. The molecule has 0 aliphatic carbocycles. The molecule has 0 saturated heterocycles. The molecule has 1 N–H and O–H groups in total. The Hall–Kier alpha value is -2.84. The van der Waals surface area contributed by atoms with Gasteiger partial charge in [0, 0.05) is 36.7 Å². The maximum atomic E-state index is 3.36. The Morgan fingerprint density at radius 1 is 0.760 bits per heavy atom. The monoisotopic (exact) mass is 324 g/mol. The highest BCUT2D eigenvalue weighted by Gasteiger charge is 2.21. The van der Waals surface area contributed by atoms with E-state index in [1.54, 1.807) is 0 Å². The summed E-state index contributed by atoms with van der Waals surface area (Å²) >= 11 is 0. The molecule has 0 amide bonds. The van der Waals surface area contributed by atoms with Crippen LogP contribution in [-0.2, 0) is 19.6 Å². The Labute approximate surface area is 147 Å². The summed E-state index contributed by atoms with van der Waals surface area (Å²) in [6, 6.07) is 26.3. The first-order valence-electron chi connectivity index (χ1n) is 8.82. The van der Waals surface area contributed by atoms with E-state index < -0.39 is 0 Å². The third-order valence-corrected chi connectivity index (χ3v) is 5.18. The second-order valence-corrected chi connectivity index (χ2v) is 6.82. The first-order valence-corrected chi connectivity index (χ1v) is 8.82. The summed E-state index contributed by atoms with van der Waals surface area (Å²) in [5.74, 6) is 0. The highest BCUT2D eigenvalue weighted by Crippen LogP contribution is 2.36. The van der Waals surface area contributed by atoms with Crippen molar-refractivity contribution in [2.45, 2.75) is 19.6 Å². The number of benzene rings is 3. The molecular formula is C23H20N2. The molecule has 0 atom stereocenters. The fourth-order valence-corrected chi connectivity index (χ4v) is 4.01. The van der Waals surface area contributed by atoms with Gasteiger partial charge in [-0.3, -0.25) is 4.90 Å². The van der Waals surface area contributed by atoms with Crippen LogP contribution in [0, 0.1) is 0 Å². The summed E-state index contributed by atoms with van der Waals surface area (Å²) in [6.07, 6.45) is 2.04. The van der Waals surface area contributed by atoms with E-state index in [-0.39, 0.29) is 0 Å². The molecule has 0 bridgehead atoms. The summed E-state index contributed by atoms with van der Waals surface area (Å²) in [5, 5.41) is 1.34. The van der Waals surface area contributed by atoms with Crippen LogP contribution < -0.4 is 0 Å². The molecule has 0 spiro atoms. The fourth-order valence-electron chi connectivity index (χ4n) is 4.01. The second-order valence-electron chi connectivity index (χ2n) is 6.82. The Kier molecular flexibility index (Phi) is 3.43. The Balaban J connectivity index is 1.66. The molecule has 2 heterocycles. The van der Waals surface area contributed by atoms with E-state index in [0.29, 0.717) is 0 Å². The van der Waals surface area contributed by atoms with Crippen molar-refractivity contribution < 1.29 is 0 Å². The lowest BCUT2D eigenvalue weighted by molar-refractivity contribution is 0.251. The van der Waals surface area contributed by atoms with Crippen molar-refractivity contribution in [2.24, 2.45) is 0 Å². The number of aromatic nitrogens is 1.